The van der Waals surface area contributed by atoms with Crippen molar-refractivity contribution < 1.29 is 4.79 Å². The van der Waals surface area contributed by atoms with Crippen LogP contribution in [0.2, 0.25) is 0 Å². The first kappa shape index (κ1) is 10.4. The van der Waals surface area contributed by atoms with Crippen LogP contribution in [0.4, 0.5) is 0 Å². The highest BCUT2D eigenvalue weighted by Crippen LogP contribution is 2.28. The highest BCUT2D eigenvalue weighted by atomic mass is 16.1. The van der Waals surface area contributed by atoms with Crippen molar-refractivity contribution >= 4 is 5.78 Å². The van der Waals surface area contributed by atoms with Crippen LogP contribution in [0, 0.1) is 5.92 Å². The first-order valence-corrected chi connectivity index (χ1v) is 5.79. The lowest BCUT2D eigenvalue weighted by molar-refractivity contribution is 0.0922. The molecule has 0 radical (unpaired) electrons. The average Bonchev–Trinajstić information content (AvgIpc) is 2.84. The maximum atomic E-state index is 12.2. The highest BCUT2D eigenvalue weighted by molar-refractivity contribution is 5.98. The fourth-order valence-electron chi connectivity index (χ4n) is 2.41. The Labute approximate surface area is 90.5 Å². The SMILES string of the molecule is CCc1nn(C)cc1C(=O)C1CCCC1. The van der Waals surface area contributed by atoms with Crippen LogP contribution in [-0.2, 0) is 13.5 Å². The molecular formula is C12H18N2O. The Morgan fingerprint density at radius 2 is 2.20 bits per heavy atom. The van der Waals surface area contributed by atoms with E-state index < -0.39 is 0 Å². The van der Waals surface area contributed by atoms with Gasteiger partial charge in [-0.1, -0.05) is 19.8 Å². The van der Waals surface area contributed by atoms with Gasteiger partial charge in [0.05, 0.1) is 11.3 Å². The monoisotopic (exact) mass is 206 g/mol. The van der Waals surface area contributed by atoms with Crippen LogP contribution < -0.4 is 0 Å². The molecule has 3 heteroatoms. The fourth-order valence-corrected chi connectivity index (χ4v) is 2.41. The van der Waals surface area contributed by atoms with Gasteiger partial charge in [-0.05, 0) is 19.3 Å². The molecule has 0 amide bonds. The van der Waals surface area contributed by atoms with Crippen LogP contribution in [0.1, 0.15) is 48.7 Å². The molecule has 2 rings (SSSR count). The van der Waals surface area contributed by atoms with E-state index in [1.54, 1.807) is 4.68 Å². The molecule has 0 aromatic carbocycles. The zero-order chi connectivity index (χ0) is 10.8. The van der Waals surface area contributed by atoms with E-state index >= 15 is 0 Å². The predicted octanol–water partition coefficient (Wildman–Crippen LogP) is 2.36. The number of carbonyl (C=O) groups excluding carboxylic acids is 1. The molecule has 15 heavy (non-hydrogen) atoms. The Bertz CT molecular complexity index is 362. The summed E-state index contributed by atoms with van der Waals surface area (Å²) in [5.74, 6) is 0.581. The molecule has 1 aromatic rings. The van der Waals surface area contributed by atoms with Gasteiger partial charge >= 0.3 is 0 Å². The van der Waals surface area contributed by atoms with Crippen LogP contribution in [0.5, 0.6) is 0 Å². The summed E-state index contributed by atoms with van der Waals surface area (Å²) in [4.78, 5) is 12.2. The van der Waals surface area contributed by atoms with E-state index in [1.807, 2.05) is 20.2 Å². The van der Waals surface area contributed by atoms with Crippen LogP contribution in [0.15, 0.2) is 6.20 Å². The molecule has 0 spiro atoms. The third-order valence-electron chi connectivity index (χ3n) is 3.23. The zero-order valence-electron chi connectivity index (χ0n) is 9.49. The van der Waals surface area contributed by atoms with Gasteiger partial charge in [-0.15, -0.1) is 0 Å². The quantitative estimate of drug-likeness (QED) is 0.711. The first-order valence-electron chi connectivity index (χ1n) is 5.79. The normalized spacial score (nSPS) is 17.2. The number of carbonyl (C=O) groups is 1. The summed E-state index contributed by atoms with van der Waals surface area (Å²) < 4.78 is 1.75. The summed E-state index contributed by atoms with van der Waals surface area (Å²) in [6.45, 7) is 2.05. The molecule has 0 aliphatic heterocycles. The minimum Gasteiger partial charge on any atom is -0.294 e. The zero-order valence-corrected chi connectivity index (χ0v) is 9.49. The lowest BCUT2D eigenvalue weighted by Crippen LogP contribution is -2.12. The molecule has 3 nitrogen and oxygen atoms in total. The Morgan fingerprint density at radius 1 is 1.53 bits per heavy atom. The summed E-state index contributed by atoms with van der Waals surface area (Å²) in [5.41, 5.74) is 1.81. The van der Waals surface area contributed by atoms with Crippen LogP contribution in [0.3, 0.4) is 0 Å². The van der Waals surface area contributed by atoms with Gasteiger partial charge in [0.1, 0.15) is 0 Å². The molecule has 1 saturated carbocycles. The van der Waals surface area contributed by atoms with Crippen molar-refractivity contribution in [2.75, 3.05) is 0 Å². The number of aromatic nitrogens is 2. The molecule has 0 N–H and O–H groups in total. The molecule has 0 saturated heterocycles. The number of aryl methyl sites for hydroxylation is 2. The second kappa shape index (κ2) is 4.17. The van der Waals surface area contributed by atoms with Gasteiger partial charge in [0, 0.05) is 19.2 Å². The van der Waals surface area contributed by atoms with Gasteiger partial charge in [-0.2, -0.15) is 5.10 Å². The average molecular weight is 206 g/mol. The summed E-state index contributed by atoms with van der Waals surface area (Å²) in [6.07, 6.45) is 7.26. The molecule has 0 atom stereocenters. The number of hydrogen-bond donors (Lipinski definition) is 0. The number of hydrogen-bond acceptors (Lipinski definition) is 2. The van der Waals surface area contributed by atoms with E-state index in [0.29, 0.717) is 5.78 Å². The Balaban J connectivity index is 2.23. The van der Waals surface area contributed by atoms with Gasteiger partial charge in [0.25, 0.3) is 0 Å². The van der Waals surface area contributed by atoms with E-state index in [2.05, 4.69) is 5.10 Å². The first-order chi connectivity index (χ1) is 7.22. The van der Waals surface area contributed by atoms with Gasteiger partial charge in [-0.3, -0.25) is 9.48 Å². The maximum Gasteiger partial charge on any atom is 0.169 e. The van der Waals surface area contributed by atoms with E-state index in [1.165, 1.54) is 12.8 Å². The van der Waals surface area contributed by atoms with E-state index in [-0.39, 0.29) is 5.92 Å². The van der Waals surface area contributed by atoms with Crippen molar-refractivity contribution in [2.24, 2.45) is 13.0 Å². The molecule has 1 fully saturated rings. The lowest BCUT2D eigenvalue weighted by atomic mass is 9.96. The van der Waals surface area contributed by atoms with Crippen LogP contribution >= 0.6 is 0 Å². The van der Waals surface area contributed by atoms with Crippen LogP contribution in [-0.4, -0.2) is 15.6 Å². The fraction of sp³-hybridized carbons (Fsp3) is 0.667. The molecule has 1 aliphatic carbocycles. The Kier molecular flexibility index (Phi) is 2.89. The highest BCUT2D eigenvalue weighted by Gasteiger charge is 2.26. The molecule has 82 valence electrons. The summed E-state index contributed by atoms with van der Waals surface area (Å²) in [6, 6.07) is 0. The van der Waals surface area contributed by atoms with Crippen molar-refractivity contribution in [3.8, 4) is 0 Å². The van der Waals surface area contributed by atoms with E-state index in [0.717, 1.165) is 30.5 Å². The molecular weight excluding hydrogens is 188 g/mol. The van der Waals surface area contributed by atoms with Gasteiger partial charge in [-0.25, -0.2) is 0 Å². The Morgan fingerprint density at radius 3 is 2.80 bits per heavy atom. The minimum absolute atomic E-state index is 0.263. The summed E-state index contributed by atoms with van der Waals surface area (Å²) >= 11 is 0. The van der Waals surface area contributed by atoms with Crippen molar-refractivity contribution in [3.63, 3.8) is 0 Å². The third kappa shape index (κ3) is 1.96. The smallest absolute Gasteiger partial charge is 0.169 e. The molecule has 1 aromatic heterocycles. The molecule has 0 bridgehead atoms. The van der Waals surface area contributed by atoms with Gasteiger partial charge < -0.3 is 0 Å². The Hall–Kier alpha value is -1.12. The largest absolute Gasteiger partial charge is 0.294 e. The van der Waals surface area contributed by atoms with E-state index in [9.17, 15) is 4.79 Å². The summed E-state index contributed by atoms with van der Waals surface area (Å²) in [7, 11) is 1.88. The molecule has 1 aliphatic rings. The predicted molar refractivity (Wildman–Crippen MR) is 58.9 cm³/mol. The number of nitrogens with zero attached hydrogens (tertiary/aromatic N) is 2. The third-order valence-corrected chi connectivity index (χ3v) is 3.23. The van der Waals surface area contributed by atoms with Crippen molar-refractivity contribution in [3.05, 3.63) is 17.5 Å². The number of Topliss-reactive ketones (excluding diaryl/α,β-unsaturated/α-hetero) is 1. The number of rotatable bonds is 3. The van der Waals surface area contributed by atoms with Crippen LogP contribution in [0.25, 0.3) is 0 Å². The minimum atomic E-state index is 0.263. The van der Waals surface area contributed by atoms with Crippen molar-refractivity contribution in [2.45, 2.75) is 39.0 Å². The van der Waals surface area contributed by atoms with Gasteiger partial charge in [0.15, 0.2) is 5.78 Å². The van der Waals surface area contributed by atoms with E-state index in [4.69, 9.17) is 0 Å². The molecule has 1 heterocycles. The second-order valence-corrected chi connectivity index (χ2v) is 4.36. The summed E-state index contributed by atoms with van der Waals surface area (Å²) in [5, 5.41) is 4.32. The van der Waals surface area contributed by atoms with Crippen molar-refractivity contribution in [1.29, 1.82) is 0 Å². The topological polar surface area (TPSA) is 34.9 Å². The maximum absolute atomic E-state index is 12.2. The van der Waals surface area contributed by atoms with Gasteiger partial charge in [0.2, 0.25) is 0 Å². The van der Waals surface area contributed by atoms with Crippen molar-refractivity contribution in [1.82, 2.24) is 9.78 Å². The second-order valence-electron chi connectivity index (χ2n) is 4.36. The number of ketones is 1. The standard InChI is InChI=1S/C12H18N2O/c1-3-11-10(8-14(2)13-11)12(15)9-6-4-5-7-9/h8-9H,3-7H2,1-2H3. The lowest BCUT2D eigenvalue weighted by Gasteiger charge is -2.06. The molecule has 0 unspecified atom stereocenters.